The molecule has 21 heavy (non-hydrogen) atoms. The van der Waals surface area contributed by atoms with Gasteiger partial charge in [-0.25, -0.2) is 0 Å². The van der Waals surface area contributed by atoms with Crippen LogP contribution in [0.3, 0.4) is 0 Å². The van der Waals surface area contributed by atoms with Crippen molar-refractivity contribution in [3.63, 3.8) is 0 Å². The molecule has 0 saturated carbocycles. The van der Waals surface area contributed by atoms with Gasteiger partial charge in [-0.15, -0.1) is 0 Å². The highest BCUT2D eigenvalue weighted by molar-refractivity contribution is 5.93. The van der Waals surface area contributed by atoms with Crippen molar-refractivity contribution in [2.75, 3.05) is 13.2 Å². The lowest BCUT2D eigenvalue weighted by Crippen LogP contribution is -2.40. The van der Waals surface area contributed by atoms with Crippen molar-refractivity contribution in [3.8, 4) is 11.3 Å². The van der Waals surface area contributed by atoms with Crippen molar-refractivity contribution in [1.82, 2.24) is 20.3 Å². The Morgan fingerprint density at radius 1 is 1.52 bits per heavy atom. The number of nitrogens with one attached hydrogen (secondary N) is 1. The van der Waals surface area contributed by atoms with Crippen LogP contribution in [0.5, 0.6) is 0 Å². The van der Waals surface area contributed by atoms with Gasteiger partial charge in [0.15, 0.2) is 11.5 Å². The maximum Gasteiger partial charge on any atom is 0.273 e. The predicted molar refractivity (Wildman–Crippen MR) is 74.7 cm³/mol. The molecular formula is C14H18N4O3. The SMILES string of the molecule is Cc1nn(C)cc1-c1cc(C(=O)NC2CCCOC2)no1. The first-order valence-corrected chi connectivity index (χ1v) is 6.99. The van der Waals surface area contributed by atoms with Gasteiger partial charge in [0.05, 0.1) is 23.9 Å². The first kappa shape index (κ1) is 13.8. The van der Waals surface area contributed by atoms with E-state index in [0.29, 0.717) is 12.4 Å². The molecule has 1 fully saturated rings. The predicted octanol–water partition coefficient (Wildman–Crippen LogP) is 1.29. The van der Waals surface area contributed by atoms with E-state index in [4.69, 9.17) is 9.26 Å². The van der Waals surface area contributed by atoms with Gasteiger partial charge in [-0.2, -0.15) is 5.10 Å². The molecule has 0 spiro atoms. The van der Waals surface area contributed by atoms with Crippen molar-refractivity contribution >= 4 is 5.91 Å². The van der Waals surface area contributed by atoms with Gasteiger partial charge < -0.3 is 14.6 Å². The molecule has 1 unspecified atom stereocenters. The maximum absolute atomic E-state index is 12.1. The Hall–Kier alpha value is -2.15. The fraction of sp³-hybridized carbons (Fsp3) is 0.500. The number of carbonyl (C=O) groups is 1. The minimum Gasteiger partial charge on any atom is -0.379 e. The third-order valence-electron chi connectivity index (χ3n) is 3.52. The van der Waals surface area contributed by atoms with Gasteiger partial charge in [0, 0.05) is 25.9 Å². The van der Waals surface area contributed by atoms with Crippen molar-refractivity contribution in [2.24, 2.45) is 7.05 Å². The topological polar surface area (TPSA) is 82.2 Å². The Labute approximate surface area is 122 Å². The van der Waals surface area contributed by atoms with Crippen LogP contribution in [0.2, 0.25) is 0 Å². The van der Waals surface area contributed by atoms with Crippen molar-refractivity contribution in [3.05, 3.63) is 23.7 Å². The van der Waals surface area contributed by atoms with Gasteiger partial charge in [-0.3, -0.25) is 9.48 Å². The summed E-state index contributed by atoms with van der Waals surface area (Å²) in [5, 5.41) is 11.0. The number of hydrogen-bond donors (Lipinski definition) is 1. The highest BCUT2D eigenvalue weighted by Crippen LogP contribution is 2.23. The Balaban J connectivity index is 1.72. The van der Waals surface area contributed by atoms with Crippen LogP contribution in [-0.2, 0) is 11.8 Å². The number of ether oxygens (including phenoxy) is 1. The van der Waals surface area contributed by atoms with E-state index in [1.54, 1.807) is 10.7 Å². The number of aromatic nitrogens is 3. The summed E-state index contributed by atoms with van der Waals surface area (Å²) in [5.74, 6) is 0.313. The molecular weight excluding hydrogens is 272 g/mol. The van der Waals surface area contributed by atoms with Crippen LogP contribution in [0.4, 0.5) is 0 Å². The second-order valence-electron chi connectivity index (χ2n) is 5.27. The van der Waals surface area contributed by atoms with Crippen LogP contribution in [0.1, 0.15) is 29.0 Å². The van der Waals surface area contributed by atoms with Gasteiger partial charge in [0.25, 0.3) is 5.91 Å². The van der Waals surface area contributed by atoms with Gasteiger partial charge in [0.1, 0.15) is 0 Å². The molecule has 7 nitrogen and oxygen atoms in total. The number of nitrogens with zero attached hydrogens (tertiary/aromatic N) is 3. The van der Waals surface area contributed by atoms with Crippen molar-refractivity contribution < 1.29 is 14.1 Å². The molecule has 0 bridgehead atoms. The average molecular weight is 290 g/mol. The summed E-state index contributed by atoms with van der Waals surface area (Å²) in [6, 6.07) is 1.69. The van der Waals surface area contributed by atoms with Crippen LogP contribution >= 0.6 is 0 Å². The quantitative estimate of drug-likeness (QED) is 0.921. The van der Waals surface area contributed by atoms with E-state index in [0.717, 1.165) is 30.7 Å². The van der Waals surface area contributed by atoms with E-state index in [9.17, 15) is 4.79 Å². The third kappa shape index (κ3) is 2.97. The molecule has 2 aromatic heterocycles. The monoisotopic (exact) mass is 290 g/mol. The Bertz CT molecular complexity index is 640. The minimum atomic E-state index is -0.234. The normalized spacial score (nSPS) is 18.7. The van der Waals surface area contributed by atoms with Gasteiger partial charge in [0.2, 0.25) is 0 Å². The molecule has 1 saturated heterocycles. The van der Waals surface area contributed by atoms with Crippen LogP contribution in [0, 0.1) is 6.92 Å². The van der Waals surface area contributed by atoms with E-state index >= 15 is 0 Å². The number of rotatable bonds is 3. The van der Waals surface area contributed by atoms with Crippen LogP contribution in [0.15, 0.2) is 16.8 Å². The summed E-state index contributed by atoms with van der Waals surface area (Å²) in [6.45, 7) is 3.20. The average Bonchev–Trinajstić information content (AvgIpc) is 3.06. The highest BCUT2D eigenvalue weighted by atomic mass is 16.5. The summed E-state index contributed by atoms with van der Waals surface area (Å²) in [5.41, 5.74) is 1.95. The molecule has 0 aliphatic carbocycles. The lowest BCUT2D eigenvalue weighted by Gasteiger charge is -2.22. The molecule has 1 N–H and O–H groups in total. The molecule has 3 heterocycles. The zero-order valence-corrected chi connectivity index (χ0v) is 12.1. The summed E-state index contributed by atoms with van der Waals surface area (Å²) in [6.07, 6.45) is 3.73. The smallest absolute Gasteiger partial charge is 0.273 e. The number of aryl methyl sites for hydroxylation is 2. The lowest BCUT2D eigenvalue weighted by molar-refractivity contribution is 0.0620. The zero-order valence-electron chi connectivity index (χ0n) is 12.1. The van der Waals surface area contributed by atoms with E-state index in [1.807, 2.05) is 20.2 Å². The van der Waals surface area contributed by atoms with Gasteiger partial charge in [-0.05, 0) is 19.8 Å². The molecule has 1 aliphatic heterocycles. The highest BCUT2D eigenvalue weighted by Gasteiger charge is 2.20. The Morgan fingerprint density at radius 3 is 3.05 bits per heavy atom. The van der Waals surface area contributed by atoms with Gasteiger partial charge >= 0.3 is 0 Å². The summed E-state index contributed by atoms with van der Waals surface area (Å²) >= 11 is 0. The third-order valence-corrected chi connectivity index (χ3v) is 3.52. The molecule has 0 aromatic carbocycles. The van der Waals surface area contributed by atoms with Crippen molar-refractivity contribution in [1.29, 1.82) is 0 Å². The number of carbonyl (C=O) groups excluding carboxylic acids is 1. The first-order valence-electron chi connectivity index (χ1n) is 6.99. The lowest BCUT2D eigenvalue weighted by atomic mass is 10.1. The van der Waals surface area contributed by atoms with Gasteiger partial charge in [-0.1, -0.05) is 5.16 Å². The fourth-order valence-electron chi connectivity index (χ4n) is 2.46. The molecule has 112 valence electrons. The molecule has 2 aromatic rings. The summed E-state index contributed by atoms with van der Waals surface area (Å²) in [4.78, 5) is 12.1. The van der Waals surface area contributed by atoms with E-state index in [1.165, 1.54) is 0 Å². The zero-order chi connectivity index (χ0) is 14.8. The Morgan fingerprint density at radius 2 is 2.38 bits per heavy atom. The molecule has 1 amide bonds. The Kier molecular flexibility index (Phi) is 3.74. The number of amides is 1. The van der Waals surface area contributed by atoms with Crippen molar-refractivity contribution in [2.45, 2.75) is 25.8 Å². The minimum absolute atomic E-state index is 0.0477. The molecule has 0 radical (unpaired) electrons. The van der Waals surface area contributed by atoms with E-state index in [-0.39, 0.29) is 17.6 Å². The van der Waals surface area contributed by atoms with Crippen LogP contribution in [-0.4, -0.2) is 40.1 Å². The van der Waals surface area contributed by atoms with Crippen LogP contribution < -0.4 is 5.32 Å². The number of hydrogen-bond acceptors (Lipinski definition) is 5. The first-order chi connectivity index (χ1) is 10.1. The second kappa shape index (κ2) is 5.69. The van der Waals surface area contributed by atoms with E-state index in [2.05, 4.69) is 15.6 Å². The summed E-state index contributed by atoms with van der Waals surface area (Å²) in [7, 11) is 1.84. The molecule has 1 aliphatic rings. The standard InChI is InChI=1S/C14H18N4O3/c1-9-11(7-18(2)16-9)13-6-12(17-21-13)14(19)15-10-4-3-5-20-8-10/h6-7,10H,3-5,8H2,1-2H3,(H,15,19). The van der Waals surface area contributed by atoms with E-state index < -0.39 is 0 Å². The fourth-order valence-corrected chi connectivity index (χ4v) is 2.46. The largest absolute Gasteiger partial charge is 0.379 e. The molecule has 7 heteroatoms. The molecule has 1 atom stereocenters. The molecule has 3 rings (SSSR count). The maximum atomic E-state index is 12.1. The summed E-state index contributed by atoms with van der Waals surface area (Å²) < 4.78 is 12.3. The van der Waals surface area contributed by atoms with Crippen LogP contribution in [0.25, 0.3) is 11.3 Å². The second-order valence-corrected chi connectivity index (χ2v) is 5.27.